The van der Waals surface area contributed by atoms with Gasteiger partial charge in [0.25, 0.3) is 0 Å². The number of hydrogen-bond donors (Lipinski definition) is 4. The van der Waals surface area contributed by atoms with Gasteiger partial charge in [-0.3, -0.25) is 0 Å². The van der Waals surface area contributed by atoms with Crippen molar-refractivity contribution in [1.82, 2.24) is 0 Å². The maximum atomic E-state index is 13.3. The van der Waals surface area contributed by atoms with Crippen LogP contribution < -0.4 is 5.32 Å². The van der Waals surface area contributed by atoms with Crippen LogP contribution in [0.4, 0.5) is 10.1 Å². The van der Waals surface area contributed by atoms with Crippen LogP contribution in [0, 0.1) is 12.7 Å². The van der Waals surface area contributed by atoms with E-state index in [0.29, 0.717) is 21.3 Å². The van der Waals surface area contributed by atoms with E-state index in [-0.39, 0.29) is 23.9 Å². The smallest absolute Gasteiger partial charge is 0.200 e. The monoisotopic (exact) mass is 341 g/mol. The van der Waals surface area contributed by atoms with Crippen molar-refractivity contribution in [2.24, 2.45) is 0 Å². The molecule has 4 nitrogen and oxygen atoms in total. The van der Waals surface area contributed by atoms with Gasteiger partial charge in [0.2, 0.25) is 5.75 Å². The highest BCUT2D eigenvalue weighted by atomic mass is 79.9. The number of rotatable bonds is 3. The van der Waals surface area contributed by atoms with Gasteiger partial charge in [-0.25, -0.2) is 4.39 Å². The Morgan fingerprint density at radius 3 is 2.55 bits per heavy atom. The molecule has 2 rings (SSSR count). The van der Waals surface area contributed by atoms with Crippen LogP contribution in [0.25, 0.3) is 0 Å². The van der Waals surface area contributed by atoms with Crippen LogP contribution in [0.1, 0.15) is 11.1 Å². The zero-order chi connectivity index (χ0) is 14.9. The summed E-state index contributed by atoms with van der Waals surface area (Å²) in [7, 11) is 0. The summed E-state index contributed by atoms with van der Waals surface area (Å²) in [6, 6.07) is 5.77. The first-order chi connectivity index (χ1) is 9.40. The van der Waals surface area contributed by atoms with E-state index in [9.17, 15) is 19.7 Å². The lowest BCUT2D eigenvalue weighted by Crippen LogP contribution is -2.02. The lowest BCUT2D eigenvalue weighted by atomic mass is 10.1. The molecule has 6 heteroatoms. The third-order valence-corrected chi connectivity index (χ3v) is 3.56. The number of aromatic hydroxyl groups is 3. The first-order valence-electron chi connectivity index (χ1n) is 5.82. The van der Waals surface area contributed by atoms with E-state index < -0.39 is 5.75 Å². The lowest BCUT2D eigenvalue weighted by molar-refractivity contribution is 0.365. The number of phenols is 3. The molecule has 0 fully saturated rings. The average Bonchev–Trinajstić information content (AvgIpc) is 2.40. The zero-order valence-electron chi connectivity index (χ0n) is 10.6. The molecule has 0 radical (unpaired) electrons. The third-order valence-electron chi connectivity index (χ3n) is 2.95. The first kappa shape index (κ1) is 14.5. The molecule has 0 unspecified atom stereocenters. The van der Waals surface area contributed by atoms with Crippen molar-refractivity contribution < 1.29 is 19.7 Å². The Morgan fingerprint density at radius 2 is 1.85 bits per heavy atom. The molecule has 0 heterocycles. The minimum absolute atomic E-state index is 0.221. The van der Waals surface area contributed by atoms with Crippen LogP contribution in [0.15, 0.2) is 28.7 Å². The fraction of sp³-hybridized carbons (Fsp3) is 0.143. The van der Waals surface area contributed by atoms with Crippen LogP contribution >= 0.6 is 15.9 Å². The average molecular weight is 342 g/mol. The van der Waals surface area contributed by atoms with Gasteiger partial charge in [-0.05, 0) is 52.7 Å². The second kappa shape index (κ2) is 5.58. The van der Waals surface area contributed by atoms with E-state index >= 15 is 0 Å². The topological polar surface area (TPSA) is 72.7 Å². The van der Waals surface area contributed by atoms with Crippen molar-refractivity contribution in [2.45, 2.75) is 13.5 Å². The fourth-order valence-corrected chi connectivity index (χ4v) is 2.12. The van der Waals surface area contributed by atoms with Crippen LogP contribution in [0.5, 0.6) is 17.2 Å². The number of nitrogens with one attached hydrogen (secondary N) is 1. The van der Waals surface area contributed by atoms with E-state index in [1.165, 1.54) is 18.2 Å². The molecule has 0 saturated heterocycles. The molecule has 106 valence electrons. The molecule has 0 saturated carbocycles. The molecule has 0 atom stereocenters. The van der Waals surface area contributed by atoms with E-state index in [4.69, 9.17) is 0 Å². The van der Waals surface area contributed by atoms with Crippen LogP contribution in [0.3, 0.4) is 0 Å². The Kier molecular flexibility index (Phi) is 4.04. The SMILES string of the molecule is Cc1cc(F)c(Br)cc1NCc1ccc(O)c(O)c1O. The molecule has 0 bridgehead atoms. The van der Waals surface area contributed by atoms with Crippen molar-refractivity contribution >= 4 is 21.6 Å². The first-order valence-corrected chi connectivity index (χ1v) is 6.61. The highest BCUT2D eigenvalue weighted by Gasteiger charge is 2.11. The normalized spacial score (nSPS) is 10.6. The summed E-state index contributed by atoms with van der Waals surface area (Å²) in [4.78, 5) is 0. The summed E-state index contributed by atoms with van der Waals surface area (Å²) in [5, 5.41) is 31.4. The second-order valence-electron chi connectivity index (χ2n) is 4.38. The van der Waals surface area contributed by atoms with Gasteiger partial charge in [0.05, 0.1) is 4.47 Å². The predicted octanol–water partition coefficient (Wildman–Crippen LogP) is 3.63. The molecule has 0 aliphatic carbocycles. The summed E-state index contributed by atoms with van der Waals surface area (Å²) >= 11 is 3.10. The van der Waals surface area contributed by atoms with Gasteiger partial charge in [-0.15, -0.1) is 0 Å². The van der Waals surface area contributed by atoms with Crippen molar-refractivity contribution in [3.8, 4) is 17.2 Å². The minimum atomic E-state index is -0.554. The number of aryl methyl sites for hydroxylation is 1. The van der Waals surface area contributed by atoms with Gasteiger partial charge in [0.1, 0.15) is 5.82 Å². The zero-order valence-corrected chi connectivity index (χ0v) is 12.2. The predicted molar refractivity (Wildman–Crippen MR) is 77.6 cm³/mol. The molecule has 0 spiro atoms. The Labute approximate surface area is 123 Å². The van der Waals surface area contributed by atoms with Crippen LogP contribution in [-0.4, -0.2) is 15.3 Å². The Hall–Kier alpha value is -1.95. The molecule has 20 heavy (non-hydrogen) atoms. The number of benzene rings is 2. The minimum Gasteiger partial charge on any atom is -0.504 e. The van der Waals surface area contributed by atoms with E-state index in [2.05, 4.69) is 21.2 Å². The van der Waals surface area contributed by atoms with Crippen molar-refractivity contribution in [1.29, 1.82) is 0 Å². The highest BCUT2D eigenvalue weighted by molar-refractivity contribution is 9.10. The summed E-state index contributed by atoms with van der Waals surface area (Å²) in [6.07, 6.45) is 0. The highest BCUT2D eigenvalue weighted by Crippen LogP contribution is 2.37. The maximum absolute atomic E-state index is 13.3. The molecule has 0 amide bonds. The van der Waals surface area contributed by atoms with E-state index in [0.717, 1.165) is 0 Å². The number of hydrogen-bond acceptors (Lipinski definition) is 4. The Bertz CT molecular complexity index is 659. The second-order valence-corrected chi connectivity index (χ2v) is 5.23. The summed E-state index contributed by atoms with van der Waals surface area (Å²) < 4.78 is 13.6. The quantitative estimate of drug-likeness (QED) is 0.643. The van der Waals surface area contributed by atoms with E-state index in [1.54, 1.807) is 13.0 Å². The van der Waals surface area contributed by atoms with Gasteiger partial charge in [0, 0.05) is 17.8 Å². The molecule has 0 aromatic heterocycles. The van der Waals surface area contributed by atoms with Crippen molar-refractivity contribution in [3.05, 3.63) is 45.7 Å². The van der Waals surface area contributed by atoms with Gasteiger partial charge >= 0.3 is 0 Å². The third kappa shape index (κ3) is 2.80. The molecule has 2 aromatic rings. The Morgan fingerprint density at radius 1 is 1.15 bits per heavy atom. The van der Waals surface area contributed by atoms with Crippen molar-refractivity contribution in [3.63, 3.8) is 0 Å². The number of anilines is 1. The summed E-state index contributed by atoms with van der Waals surface area (Å²) in [5.74, 6) is -1.66. The van der Waals surface area contributed by atoms with Gasteiger partial charge in [0.15, 0.2) is 11.5 Å². The van der Waals surface area contributed by atoms with Crippen molar-refractivity contribution in [2.75, 3.05) is 5.32 Å². The Balaban J connectivity index is 2.21. The van der Waals surface area contributed by atoms with Gasteiger partial charge in [-0.1, -0.05) is 0 Å². The molecule has 4 N–H and O–H groups in total. The number of halogens is 2. The van der Waals surface area contributed by atoms with Gasteiger partial charge < -0.3 is 20.6 Å². The standard InChI is InChI=1S/C14H13BrFNO3/c1-7-4-10(16)9(15)5-11(7)17-6-8-2-3-12(18)14(20)13(8)19/h2-5,17-20H,6H2,1H3. The lowest BCUT2D eigenvalue weighted by Gasteiger charge is -2.12. The molecular weight excluding hydrogens is 329 g/mol. The van der Waals surface area contributed by atoms with Crippen LogP contribution in [-0.2, 0) is 6.54 Å². The largest absolute Gasteiger partial charge is 0.504 e. The molecule has 0 aliphatic rings. The summed E-state index contributed by atoms with van der Waals surface area (Å²) in [5.41, 5.74) is 1.83. The molecule has 2 aromatic carbocycles. The fourth-order valence-electron chi connectivity index (χ4n) is 1.78. The molecule has 0 aliphatic heterocycles. The van der Waals surface area contributed by atoms with Gasteiger partial charge in [-0.2, -0.15) is 0 Å². The maximum Gasteiger partial charge on any atom is 0.200 e. The van der Waals surface area contributed by atoms with Crippen LogP contribution in [0.2, 0.25) is 0 Å². The number of phenolic OH excluding ortho intramolecular Hbond substituents is 3. The van der Waals surface area contributed by atoms with E-state index in [1.807, 2.05) is 0 Å². The summed E-state index contributed by atoms with van der Waals surface area (Å²) in [6.45, 7) is 1.98. The molecular formula is C14H13BrFNO3.